The van der Waals surface area contributed by atoms with Crippen molar-refractivity contribution < 1.29 is 31.9 Å². The number of esters is 1. The zero-order chi connectivity index (χ0) is 17.5. The van der Waals surface area contributed by atoms with Crippen LogP contribution in [-0.2, 0) is 28.8 Å². The molecule has 0 atom stereocenters. The van der Waals surface area contributed by atoms with Gasteiger partial charge in [-0.05, 0) is 25.5 Å². The average molecular weight is 348 g/mol. The van der Waals surface area contributed by atoms with Gasteiger partial charge in [0, 0.05) is 11.6 Å². The molecule has 0 aliphatic rings. The van der Waals surface area contributed by atoms with E-state index in [4.69, 9.17) is 9.05 Å². The third-order valence-corrected chi connectivity index (χ3v) is 4.96. The number of benzene rings is 1. The van der Waals surface area contributed by atoms with Gasteiger partial charge in [-0.3, -0.25) is 4.57 Å². The fourth-order valence-corrected chi connectivity index (χ4v) is 3.27. The third kappa shape index (κ3) is 4.70. The van der Waals surface area contributed by atoms with Crippen LogP contribution in [0.5, 0.6) is 0 Å². The van der Waals surface area contributed by atoms with Gasteiger partial charge in [0.2, 0.25) is 0 Å². The Bertz CT molecular complexity index is 588. The maximum atomic E-state index is 14.5. The molecule has 0 aromatic heterocycles. The molecule has 0 radical (unpaired) electrons. The smallest absolute Gasteiger partial charge is 0.404 e. The quantitative estimate of drug-likeness (QED) is 0.400. The van der Waals surface area contributed by atoms with E-state index in [0.29, 0.717) is 5.56 Å². The number of halogens is 2. The van der Waals surface area contributed by atoms with Crippen molar-refractivity contribution >= 4 is 19.6 Å². The maximum absolute atomic E-state index is 14.5. The number of methoxy groups -OCH3 is 1. The van der Waals surface area contributed by atoms with E-state index in [1.54, 1.807) is 0 Å². The summed E-state index contributed by atoms with van der Waals surface area (Å²) in [6.45, 7) is 2.60. The minimum absolute atomic E-state index is 0.160. The molecule has 5 nitrogen and oxygen atoms in total. The fraction of sp³-hybridized carbons (Fsp3) is 0.400. The summed E-state index contributed by atoms with van der Waals surface area (Å²) in [7, 11) is -3.39. The molecule has 1 aromatic carbocycles. The van der Waals surface area contributed by atoms with Crippen LogP contribution >= 0.6 is 7.60 Å². The number of hydrogen-bond acceptors (Lipinski definition) is 5. The average Bonchev–Trinajstić information content (AvgIpc) is 2.53. The summed E-state index contributed by atoms with van der Waals surface area (Å²) in [6, 6.07) is 4.96. The van der Waals surface area contributed by atoms with E-state index < -0.39 is 24.8 Å². The lowest BCUT2D eigenvalue weighted by Gasteiger charge is -2.26. The van der Waals surface area contributed by atoms with Crippen molar-refractivity contribution in [2.24, 2.45) is 0 Å². The van der Waals surface area contributed by atoms with Crippen LogP contribution in [0.4, 0.5) is 8.78 Å². The fourth-order valence-electron chi connectivity index (χ4n) is 1.72. The van der Waals surface area contributed by atoms with Gasteiger partial charge in [0.1, 0.15) is 0 Å². The van der Waals surface area contributed by atoms with E-state index in [9.17, 15) is 18.1 Å². The van der Waals surface area contributed by atoms with Crippen molar-refractivity contribution in [2.75, 3.05) is 20.3 Å². The Hall–Kier alpha value is -1.56. The molecule has 0 spiro atoms. The summed E-state index contributed by atoms with van der Waals surface area (Å²) in [6.07, 6.45) is 2.58. The largest absolute Gasteiger partial charge is 0.466 e. The number of carbonyl (C=O) groups is 1. The Morgan fingerprint density at radius 1 is 1.17 bits per heavy atom. The van der Waals surface area contributed by atoms with Crippen LogP contribution in [0, 0.1) is 0 Å². The molecule has 1 aromatic rings. The lowest BCUT2D eigenvalue weighted by Crippen LogP contribution is -2.18. The Morgan fingerprint density at radius 2 is 1.70 bits per heavy atom. The standard InChI is InChI=1S/C15H19F2O5P/c1-4-21-23(19,22-5-2)15(16,17)13-9-6-12(7-10-13)8-11-14(18)20-3/h6-11H,4-5H2,1-3H3. The van der Waals surface area contributed by atoms with E-state index in [2.05, 4.69) is 4.74 Å². The second-order valence-corrected chi connectivity index (χ2v) is 6.43. The van der Waals surface area contributed by atoms with Crippen molar-refractivity contribution in [3.8, 4) is 0 Å². The van der Waals surface area contributed by atoms with E-state index in [0.717, 1.165) is 12.1 Å². The molecule has 0 saturated carbocycles. The highest BCUT2D eigenvalue weighted by molar-refractivity contribution is 7.54. The lowest BCUT2D eigenvalue weighted by atomic mass is 10.1. The predicted octanol–water partition coefficient (Wildman–Crippen LogP) is 4.19. The summed E-state index contributed by atoms with van der Waals surface area (Å²) in [5.41, 5.74) is -3.75. The highest BCUT2D eigenvalue weighted by atomic mass is 31.2. The number of alkyl halides is 2. The maximum Gasteiger partial charge on any atom is 0.404 e. The summed E-state index contributed by atoms with van der Waals surface area (Å²) in [5.74, 6) is -0.559. The molecule has 0 fully saturated rings. The molecule has 0 unspecified atom stereocenters. The van der Waals surface area contributed by atoms with Crippen LogP contribution in [0.25, 0.3) is 6.08 Å². The van der Waals surface area contributed by atoms with Crippen molar-refractivity contribution in [1.29, 1.82) is 0 Å². The van der Waals surface area contributed by atoms with Crippen molar-refractivity contribution in [1.82, 2.24) is 0 Å². The highest BCUT2D eigenvalue weighted by Crippen LogP contribution is 2.66. The van der Waals surface area contributed by atoms with Crippen LogP contribution in [0.1, 0.15) is 25.0 Å². The first-order valence-corrected chi connectivity index (χ1v) is 8.48. The number of ether oxygens (including phenoxy) is 1. The van der Waals surface area contributed by atoms with Crippen LogP contribution in [0.15, 0.2) is 30.3 Å². The second-order valence-electron chi connectivity index (χ2n) is 4.35. The zero-order valence-electron chi connectivity index (χ0n) is 13.1. The summed E-state index contributed by atoms with van der Waals surface area (Å²) >= 11 is 0. The highest BCUT2D eigenvalue weighted by Gasteiger charge is 2.54. The zero-order valence-corrected chi connectivity index (χ0v) is 14.0. The first kappa shape index (κ1) is 19.5. The molecule has 1 rings (SSSR count). The van der Waals surface area contributed by atoms with Crippen molar-refractivity contribution in [3.05, 3.63) is 41.5 Å². The Morgan fingerprint density at radius 3 is 2.13 bits per heavy atom. The van der Waals surface area contributed by atoms with Gasteiger partial charge in [-0.25, -0.2) is 4.79 Å². The monoisotopic (exact) mass is 348 g/mol. The van der Waals surface area contributed by atoms with Gasteiger partial charge in [0.05, 0.1) is 20.3 Å². The number of rotatable bonds is 8. The van der Waals surface area contributed by atoms with Gasteiger partial charge in [-0.2, -0.15) is 8.78 Å². The molecule has 0 aliphatic carbocycles. The predicted molar refractivity (Wildman–Crippen MR) is 82.2 cm³/mol. The van der Waals surface area contributed by atoms with E-state index >= 15 is 0 Å². The molecule has 23 heavy (non-hydrogen) atoms. The van der Waals surface area contributed by atoms with E-state index in [1.807, 2.05) is 0 Å². The van der Waals surface area contributed by atoms with Crippen LogP contribution < -0.4 is 0 Å². The molecule has 0 aliphatic heterocycles. The van der Waals surface area contributed by atoms with Gasteiger partial charge in [0.15, 0.2) is 0 Å². The van der Waals surface area contributed by atoms with Crippen LogP contribution in [-0.4, -0.2) is 26.3 Å². The van der Waals surface area contributed by atoms with Crippen LogP contribution in [0.3, 0.4) is 0 Å². The molecule has 0 amide bonds. The van der Waals surface area contributed by atoms with Crippen LogP contribution in [0.2, 0.25) is 0 Å². The summed E-state index contributed by atoms with van der Waals surface area (Å²) in [4.78, 5) is 11.0. The van der Waals surface area contributed by atoms with Crippen molar-refractivity contribution in [2.45, 2.75) is 19.5 Å². The van der Waals surface area contributed by atoms with Gasteiger partial charge in [0.25, 0.3) is 0 Å². The number of hydrogen-bond donors (Lipinski definition) is 0. The minimum atomic E-state index is -4.62. The van der Waals surface area contributed by atoms with Gasteiger partial charge in [-0.15, -0.1) is 0 Å². The normalized spacial score (nSPS) is 12.6. The Labute approximate surface area is 133 Å². The van der Waals surface area contributed by atoms with E-state index in [-0.39, 0.29) is 13.2 Å². The molecule has 0 saturated heterocycles. The minimum Gasteiger partial charge on any atom is -0.466 e. The molecule has 8 heteroatoms. The second kappa shape index (κ2) is 8.34. The first-order chi connectivity index (χ1) is 10.8. The number of carbonyl (C=O) groups excluding carboxylic acids is 1. The van der Waals surface area contributed by atoms with Gasteiger partial charge >= 0.3 is 19.2 Å². The molecule has 128 valence electrons. The molecule has 0 N–H and O–H groups in total. The summed E-state index contributed by atoms with van der Waals surface area (Å²) < 4.78 is 55.1. The Balaban J connectivity index is 3.07. The van der Waals surface area contributed by atoms with E-state index in [1.165, 1.54) is 45.2 Å². The Kier molecular flexibility index (Phi) is 7.06. The van der Waals surface area contributed by atoms with Crippen molar-refractivity contribution in [3.63, 3.8) is 0 Å². The lowest BCUT2D eigenvalue weighted by molar-refractivity contribution is -0.134. The molecular weight excluding hydrogens is 329 g/mol. The molecular formula is C15H19F2O5P. The third-order valence-electron chi connectivity index (χ3n) is 2.81. The van der Waals surface area contributed by atoms with Gasteiger partial charge in [-0.1, -0.05) is 24.3 Å². The molecule has 0 bridgehead atoms. The SMILES string of the molecule is CCOP(=O)(OCC)C(F)(F)c1ccc(C=CC(=O)OC)cc1. The topological polar surface area (TPSA) is 61.8 Å². The first-order valence-electron chi connectivity index (χ1n) is 6.94. The summed E-state index contributed by atoms with van der Waals surface area (Å²) in [5, 5.41) is 0. The molecule has 0 heterocycles. The van der Waals surface area contributed by atoms with Gasteiger partial charge < -0.3 is 13.8 Å².